The Morgan fingerprint density at radius 2 is 2.35 bits per heavy atom. The van der Waals surface area contributed by atoms with Gasteiger partial charge in [-0.05, 0) is 24.6 Å². The van der Waals surface area contributed by atoms with Crippen molar-refractivity contribution in [3.63, 3.8) is 0 Å². The van der Waals surface area contributed by atoms with Gasteiger partial charge >= 0.3 is 0 Å². The van der Waals surface area contributed by atoms with Crippen molar-refractivity contribution in [1.82, 2.24) is 5.32 Å². The van der Waals surface area contributed by atoms with Crippen LogP contribution in [0.15, 0.2) is 36.9 Å². The molecule has 2 rings (SSSR count). The van der Waals surface area contributed by atoms with E-state index in [9.17, 15) is 9.18 Å². The SMILES string of the molecule is C=CCCNC(=O)c1cc2c(F)cccc2s1. The molecule has 1 aromatic carbocycles. The molecule has 0 aliphatic carbocycles. The van der Waals surface area contributed by atoms with Crippen molar-refractivity contribution in [1.29, 1.82) is 0 Å². The largest absolute Gasteiger partial charge is 0.351 e. The fourth-order valence-corrected chi connectivity index (χ4v) is 2.50. The molecule has 0 unspecified atom stereocenters. The zero-order valence-corrected chi connectivity index (χ0v) is 10.0. The molecule has 1 N–H and O–H groups in total. The van der Waals surface area contributed by atoms with Crippen LogP contribution in [0.2, 0.25) is 0 Å². The van der Waals surface area contributed by atoms with Crippen molar-refractivity contribution in [3.8, 4) is 0 Å². The molecule has 0 fully saturated rings. The number of benzene rings is 1. The average molecular weight is 249 g/mol. The highest BCUT2D eigenvalue weighted by Crippen LogP contribution is 2.27. The van der Waals surface area contributed by atoms with E-state index >= 15 is 0 Å². The van der Waals surface area contributed by atoms with Crippen molar-refractivity contribution in [3.05, 3.63) is 47.6 Å². The zero-order valence-electron chi connectivity index (χ0n) is 9.20. The van der Waals surface area contributed by atoms with Crippen molar-refractivity contribution in [2.24, 2.45) is 0 Å². The van der Waals surface area contributed by atoms with Crippen molar-refractivity contribution in [2.45, 2.75) is 6.42 Å². The van der Waals surface area contributed by atoms with E-state index in [4.69, 9.17) is 0 Å². The van der Waals surface area contributed by atoms with Crippen molar-refractivity contribution >= 4 is 27.3 Å². The van der Waals surface area contributed by atoms with Crippen molar-refractivity contribution in [2.75, 3.05) is 6.54 Å². The minimum absolute atomic E-state index is 0.160. The molecule has 2 aromatic rings. The van der Waals surface area contributed by atoms with Gasteiger partial charge in [0.1, 0.15) is 5.82 Å². The second-order valence-electron chi connectivity index (χ2n) is 3.60. The lowest BCUT2D eigenvalue weighted by Gasteiger charge is -1.99. The second-order valence-corrected chi connectivity index (χ2v) is 4.68. The molecule has 2 nitrogen and oxygen atoms in total. The number of halogens is 1. The van der Waals surface area contributed by atoms with E-state index in [1.54, 1.807) is 18.2 Å². The maximum atomic E-state index is 13.4. The number of hydrogen-bond donors (Lipinski definition) is 1. The monoisotopic (exact) mass is 249 g/mol. The quantitative estimate of drug-likeness (QED) is 0.653. The van der Waals surface area contributed by atoms with E-state index in [1.165, 1.54) is 17.4 Å². The van der Waals surface area contributed by atoms with Gasteiger partial charge in [0.05, 0.1) is 4.88 Å². The van der Waals surface area contributed by atoms with Gasteiger partial charge in [0.15, 0.2) is 0 Å². The lowest BCUT2D eigenvalue weighted by Crippen LogP contribution is -2.22. The predicted octanol–water partition coefficient (Wildman–Crippen LogP) is 3.35. The molecule has 0 radical (unpaired) electrons. The first kappa shape index (κ1) is 11.8. The zero-order chi connectivity index (χ0) is 12.3. The Morgan fingerprint density at radius 1 is 1.53 bits per heavy atom. The molecule has 0 atom stereocenters. The topological polar surface area (TPSA) is 29.1 Å². The van der Waals surface area contributed by atoms with Gasteiger partial charge in [-0.15, -0.1) is 17.9 Å². The van der Waals surface area contributed by atoms with Gasteiger partial charge in [0, 0.05) is 16.6 Å². The highest BCUT2D eigenvalue weighted by molar-refractivity contribution is 7.20. The van der Waals surface area contributed by atoms with Crippen LogP contribution in [-0.2, 0) is 0 Å². The summed E-state index contributed by atoms with van der Waals surface area (Å²) >= 11 is 1.30. The molecule has 1 aromatic heterocycles. The van der Waals surface area contributed by atoms with E-state index in [0.717, 1.165) is 11.1 Å². The normalized spacial score (nSPS) is 10.4. The Hall–Kier alpha value is -1.68. The Kier molecular flexibility index (Phi) is 3.54. The Morgan fingerprint density at radius 3 is 3.06 bits per heavy atom. The first-order valence-electron chi connectivity index (χ1n) is 5.29. The summed E-state index contributed by atoms with van der Waals surface area (Å²) in [6.07, 6.45) is 2.47. The molecule has 88 valence electrons. The van der Waals surface area contributed by atoms with Crippen LogP contribution in [0, 0.1) is 5.82 Å². The van der Waals surface area contributed by atoms with E-state index in [2.05, 4.69) is 11.9 Å². The summed E-state index contributed by atoms with van der Waals surface area (Å²) in [5.74, 6) is -0.448. The fraction of sp³-hybridized carbons (Fsp3) is 0.154. The highest BCUT2D eigenvalue weighted by Gasteiger charge is 2.11. The van der Waals surface area contributed by atoms with Gasteiger partial charge in [-0.1, -0.05) is 12.1 Å². The molecule has 0 saturated carbocycles. The summed E-state index contributed by atoms with van der Waals surface area (Å²) in [6.45, 7) is 4.13. The van der Waals surface area contributed by atoms with E-state index in [-0.39, 0.29) is 11.7 Å². The summed E-state index contributed by atoms with van der Waals surface area (Å²) in [7, 11) is 0. The maximum absolute atomic E-state index is 13.4. The number of carbonyl (C=O) groups is 1. The van der Waals surface area contributed by atoms with Gasteiger partial charge < -0.3 is 5.32 Å². The number of nitrogens with one attached hydrogen (secondary N) is 1. The lowest BCUT2D eigenvalue weighted by molar-refractivity contribution is 0.0958. The molecule has 1 heterocycles. The van der Waals surface area contributed by atoms with Gasteiger partial charge in [0.25, 0.3) is 5.91 Å². The Bertz CT molecular complexity index is 562. The Balaban J connectivity index is 2.21. The van der Waals surface area contributed by atoms with E-state index in [0.29, 0.717) is 16.8 Å². The minimum Gasteiger partial charge on any atom is -0.351 e. The minimum atomic E-state index is -0.288. The molecule has 4 heteroatoms. The summed E-state index contributed by atoms with van der Waals surface area (Å²) < 4.78 is 14.2. The predicted molar refractivity (Wildman–Crippen MR) is 68.9 cm³/mol. The van der Waals surface area contributed by atoms with Crippen LogP contribution < -0.4 is 5.32 Å². The number of carbonyl (C=O) groups excluding carboxylic acids is 1. The number of fused-ring (bicyclic) bond motifs is 1. The van der Waals surface area contributed by atoms with E-state index < -0.39 is 0 Å². The molecule has 0 aliphatic heterocycles. The Labute approximate surface area is 103 Å². The maximum Gasteiger partial charge on any atom is 0.261 e. The third-order valence-corrected chi connectivity index (χ3v) is 3.47. The highest BCUT2D eigenvalue weighted by atomic mass is 32.1. The van der Waals surface area contributed by atoms with Crippen LogP contribution >= 0.6 is 11.3 Å². The van der Waals surface area contributed by atoms with Crippen LogP contribution in [0.5, 0.6) is 0 Å². The summed E-state index contributed by atoms with van der Waals surface area (Å²) in [5, 5.41) is 3.26. The summed E-state index contributed by atoms with van der Waals surface area (Å²) in [6, 6.07) is 6.45. The smallest absolute Gasteiger partial charge is 0.261 e. The van der Waals surface area contributed by atoms with Gasteiger partial charge in [-0.25, -0.2) is 4.39 Å². The van der Waals surface area contributed by atoms with Crippen LogP contribution in [0.1, 0.15) is 16.1 Å². The number of hydrogen-bond acceptors (Lipinski definition) is 2. The third kappa shape index (κ3) is 2.53. The first-order chi connectivity index (χ1) is 8.22. The number of thiophene rings is 1. The molecular formula is C13H12FNOS. The average Bonchev–Trinajstić information content (AvgIpc) is 2.75. The number of rotatable bonds is 4. The fourth-order valence-electron chi connectivity index (χ4n) is 1.51. The van der Waals surface area contributed by atoms with Gasteiger partial charge in [-0.3, -0.25) is 4.79 Å². The third-order valence-electron chi connectivity index (χ3n) is 2.37. The van der Waals surface area contributed by atoms with Crippen LogP contribution in [-0.4, -0.2) is 12.5 Å². The van der Waals surface area contributed by atoms with Crippen LogP contribution in [0.3, 0.4) is 0 Å². The molecule has 17 heavy (non-hydrogen) atoms. The molecule has 0 saturated heterocycles. The molecule has 0 aliphatic rings. The second kappa shape index (κ2) is 5.10. The summed E-state index contributed by atoms with van der Waals surface area (Å²) in [5.41, 5.74) is 0. The van der Waals surface area contributed by atoms with Gasteiger partial charge in [-0.2, -0.15) is 0 Å². The summed E-state index contributed by atoms with van der Waals surface area (Å²) in [4.78, 5) is 12.3. The molecule has 0 spiro atoms. The lowest BCUT2D eigenvalue weighted by atomic mass is 10.2. The molecule has 1 amide bonds. The molecule has 0 bridgehead atoms. The molecular weight excluding hydrogens is 237 g/mol. The van der Waals surface area contributed by atoms with Crippen molar-refractivity contribution < 1.29 is 9.18 Å². The van der Waals surface area contributed by atoms with Gasteiger partial charge in [0.2, 0.25) is 0 Å². The van der Waals surface area contributed by atoms with Crippen LogP contribution in [0.25, 0.3) is 10.1 Å². The van der Waals surface area contributed by atoms with Crippen LogP contribution in [0.4, 0.5) is 4.39 Å². The first-order valence-corrected chi connectivity index (χ1v) is 6.11. The standard InChI is InChI=1S/C13H12FNOS/c1-2-3-7-15-13(16)12-8-9-10(14)5-4-6-11(9)17-12/h2,4-6,8H,1,3,7H2,(H,15,16). The number of amides is 1. The van der Waals surface area contributed by atoms with E-state index in [1.807, 2.05) is 6.07 Å².